The van der Waals surface area contributed by atoms with Gasteiger partial charge in [0.05, 0.1) is 11.5 Å². The van der Waals surface area contributed by atoms with E-state index >= 15 is 0 Å². The van der Waals surface area contributed by atoms with Crippen LogP contribution in [-0.4, -0.2) is 149 Å². The van der Waals surface area contributed by atoms with Crippen LogP contribution in [-0.2, 0) is 20.2 Å². The highest BCUT2D eigenvalue weighted by Gasteiger charge is 2.97. The van der Waals surface area contributed by atoms with Crippen LogP contribution in [0, 0.1) is 0 Å². The van der Waals surface area contributed by atoms with E-state index in [0.29, 0.717) is 0 Å². The molecule has 0 saturated heterocycles. The molecule has 0 amide bonds. The van der Waals surface area contributed by atoms with Gasteiger partial charge in [0.1, 0.15) is 6.29 Å². The third-order valence-electron chi connectivity index (χ3n) is 6.92. The highest BCUT2D eigenvalue weighted by atomic mass is 32.2. The van der Waals surface area contributed by atoms with Crippen LogP contribution in [0.25, 0.3) is 0 Å². The highest BCUT2D eigenvalue weighted by Crippen LogP contribution is 2.66. The fourth-order valence-electron chi connectivity index (χ4n) is 3.22. The molecule has 0 unspecified atom stereocenters. The molecule has 402 valence electrons. The van der Waals surface area contributed by atoms with E-state index in [2.05, 4.69) is 0 Å². The largest absolute Gasteiger partial charge is 0.460 e. The summed E-state index contributed by atoms with van der Waals surface area (Å²) in [6, 6.07) is 0. The minimum atomic E-state index is -8.74. The molecule has 8 nitrogen and oxygen atoms in total. The van der Waals surface area contributed by atoms with Gasteiger partial charge in [-0.25, -0.2) is 0 Å². The summed E-state index contributed by atoms with van der Waals surface area (Å²) in [4.78, 5) is 0. The second-order valence-electron chi connectivity index (χ2n) is 12.0. The average Bonchev–Trinajstić information content (AvgIpc) is 3.03. The summed E-state index contributed by atoms with van der Waals surface area (Å²) in [7, 11) is -11.4. The summed E-state index contributed by atoms with van der Waals surface area (Å²) in [6.45, 7) is 1.28. The minimum absolute atomic E-state index is 1.17. The van der Waals surface area contributed by atoms with E-state index in [-0.39, 0.29) is 0 Å². The third kappa shape index (κ3) is 11.8. The molecule has 66 heavy (non-hydrogen) atoms. The Bertz CT molecular complexity index is 1720. The zero-order valence-electron chi connectivity index (χ0n) is 29.5. The van der Waals surface area contributed by atoms with Crippen molar-refractivity contribution in [3.05, 3.63) is 0 Å². The van der Waals surface area contributed by atoms with Crippen molar-refractivity contribution in [2.45, 2.75) is 121 Å². The molecule has 0 bridgehead atoms. The van der Waals surface area contributed by atoms with Crippen molar-refractivity contribution in [3.63, 3.8) is 0 Å². The molecule has 0 aliphatic rings. The summed E-state index contributed by atoms with van der Waals surface area (Å²) in [5.74, 6) is -120. The van der Waals surface area contributed by atoms with Gasteiger partial charge >= 0.3 is 95.3 Å². The monoisotopic (exact) mass is 1120 g/mol. The Hall–Kier alpha value is -2.64. The van der Waals surface area contributed by atoms with E-state index in [1.165, 1.54) is 6.92 Å². The number of halogens is 34. The van der Waals surface area contributed by atoms with Crippen LogP contribution >= 0.6 is 0 Å². The zero-order valence-corrected chi connectivity index (χ0v) is 31.1. The van der Waals surface area contributed by atoms with Gasteiger partial charge in [-0.2, -0.15) is 166 Å². The third-order valence-corrected chi connectivity index (χ3v) is 8.36. The molecule has 0 heterocycles. The molecule has 0 atom stereocenters. The predicted molar refractivity (Wildman–Crippen MR) is 137 cm³/mol. The molecule has 0 aliphatic heterocycles. The van der Waals surface area contributed by atoms with E-state index < -0.39 is 146 Å². The van der Waals surface area contributed by atoms with Crippen LogP contribution in [0.3, 0.4) is 0 Å². The summed E-state index contributed by atoms with van der Waals surface area (Å²) >= 11 is 0. The van der Waals surface area contributed by atoms with E-state index in [0.717, 1.165) is 0 Å². The highest BCUT2D eigenvalue weighted by molar-refractivity contribution is 7.86. The zero-order chi connectivity index (χ0) is 55.4. The van der Waals surface area contributed by atoms with E-state index in [9.17, 15) is 166 Å². The quantitative estimate of drug-likeness (QED) is 0.0603. The number of hydrogen-bond donors (Lipinski definition) is 4. The van der Waals surface area contributed by atoms with Crippen LogP contribution < -0.4 is 0 Å². The van der Waals surface area contributed by atoms with Crippen molar-refractivity contribution in [1.29, 1.82) is 0 Å². The lowest BCUT2D eigenvalue weighted by Gasteiger charge is -2.42. The van der Waals surface area contributed by atoms with Crippen LogP contribution in [0.5, 0.6) is 0 Å². The van der Waals surface area contributed by atoms with Gasteiger partial charge in [-0.05, 0) is 6.92 Å². The van der Waals surface area contributed by atoms with Crippen molar-refractivity contribution in [3.8, 4) is 0 Å². The molecule has 0 aliphatic carbocycles. The van der Waals surface area contributed by atoms with E-state index in [1.807, 2.05) is 0 Å². The molecule has 0 radical (unpaired) electrons. The topological polar surface area (TPSA) is 149 Å². The lowest BCUT2D eigenvalue weighted by molar-refractivity contribution is -0.461. The fourth-order valence-corrected chi connectivity index (χ4v) is 4.25. The van der Waals surface area contributed by atoms with Gasteiger partial charge in [-0.15, -0.1) is 0 Å². The first-order valence-corrected chi connectivity index (χ1v) is 17.6. The maximum absolute atomic E-state index is 13.3. The van der Waals surface area contributed by atoms with Gasteiger partial charge < -0.3 is 10.2 Å². The summed E-state index contributed by atoms with van der Waals surface area (Å²) in [5.41, 5.74) is 0. The molecule has 44 heteroatoms. The maximum Gasteiger partial charge on any atom is 0.460 e. The van der Waals surface area contributed by atoms with Crippen molar-refractivity contribution in [2.75, 3.05) is 11.5 Å². The first-order chi connectivity index (χ1) is 27.6. The van der Waals surface area contributed by atoms with Gasteiger partial charge in [0.15, 0.2) is 0 Å². The first kappa shape index (κ1) is 67.6. The number of alkyl halides is 34. The Labute approximate surface area is 339 Å². The molecule has 0 aromatic rings. The minimum Gasteiger partial charge on any atom is -0.368 e. The van der Waals surface area contributed by atoms with Crippen LogP contribution in [0.2, 0.25) is 0 Å². The van der Waals surface area contributed by atoms with Crippen LogP contribution in [0.15, 0.2) is 0 Å². The first-order valence-electron chi connectivity index (χ1n) is 14.3. The predicted octanol–water partition coefficient (Wildman–Crippen LogP) is 9.86. The number of hydrogen-bond acceptors (Lipinski definition) is 6. The average molecular weight is 1120 g/mol. The molecule has 4 N–H and O–H groups in total. The Kier molecular flexibility index (Phi) is 19.1. The Morgan fingerprint density at radius 3 is 0.545 bits per heavy atom. The molecule has 0 saturated carbocycles. The van der Waals surface area contributed by atoms with Crippen LogP contribution in [0.4, 0.5) is 149 Å². The van der Waals surface area contributed by atoms with Gasteiger partial charge in [0.2, 0.25) is 0 Å². The molecule has 0 aromatic carbocycles. The van der Waals surface area contributed by atoms with E-state index in [1.54, 1.807) is 0 Å². The second-order valence-corrected chi connectivity index (χ2v) is 15.1. The lowest BCUT2D eigenvalue weighted by atomic mass is 9.88. The summed E-state index contributed by atoms with van der Waals surface area (Å²) < 4.78 is 494. The second kappa shape index (κ2) is 18.6. The molecular weight excluding hydrogens is 1100 g/mol. The molecule has 0 fully saturated rings. The number of rotatable bonds is 18. The van der Waals surface area contributed by atoms with Crippen molar-refractivity contribution in [2.24, 2.45) is 0 Å². The van der Waals surface area contributed by atoms with Gasteiger partial charge in [0, 0.05) is 12.8 Å². The van der Waals surface area contributed by atoms with Gasteiger partial charge in [0.25, 0.3) is 20.2 Å². The van der Waals surface area contributed by atoms with Crippen molar-refractivity contribution >= 4 is 20.2 Å². The lowest BCUT2D eigenvalue weighted by Crippen LogP contribution is -2.74. The summed E-state index contributed by atoms with van der Waals surface area (Å²) in [6.07, 6.45) is -23.3. The molecular formula is C22H16F34O8S2. The van der Waals surface area contributed by atoms with Crippen LogP contribution in [0.1, 0.15) is 19.8 Å². The molecule has 0 spiro atoms. The maximum atomic E-state index is 13.3. The van der Waals surface area contributed by atoms with Gasteiger partial charge in [-0.1, -0.05) is 0 Å². The summed E-state index contributed by atoms with van der Waals surface area (Å²) in [5, 5.41) is 15.2. The Morgan fingerprint density at radius 1 is 0.303 bits per heavy atom. The normalized spacial score (nSPS) is 16.1. The van der Waals surface area contributed by atoms with Gasteiger partial charge in [-0.3, -0.25) is 9.11 Å². The number of aliphatic hydroxyl groups excluding tert-OH is 1. The SMILES string of the molecule is CC(O)O.O=S(=O)(O)CCC(F)(F)C(F)(F)C(F)(F)C(F)(F)C(F)(F)C(F)(F)C(F)(F)C(F)(F)F.O=S(=O)(O)CCC(F)(F)C(F)(F)C(F)(F)C(F)(F)C(F)(F)C(F)(F)C(F)(F)C(F)(F)F. The molecule has 0 rings (SSSR count). The van der Waals surface area contributed by atoms with Crippen molar-refractivity contribution in [1.82, 2.24) is 0 Å². The number of aliphatic hydroxyl groups is 2. The van der Waals surface area contributed by atoms with E-state index in [4.69, 9.17) is 19.3 Å². The molecule has 0 aromatic heterocycles. The smallest absolute Gasteiger partial charge is 0.368 e. The van der Waals surface area contributed by atoms with Crippen molar-refractivity contribution < 1.29 is 185 Å². The Balaban J connectivity index is -0.00000111. The fraction of sp³-hybridized carbons (Fsp3) is 1.00. The Morgan fingerprint density at radius 2 is 0.424 bits per heavy atom. The standard InChI is InChI=1S/2C10H5F17O3S.C2H6O2/c2*11-3(12,1-2-31(28,29)30)4(13,14)5(15,16)6(17,18)7(19,20)8(21,22)9(23,24)10(25,26)27;1-2(3)4/h2*1-2H2,(H,28,29,30);2-4H,1H3.